The van der Waals surface area contributed by atoms with Crippen LogP contribution in [0.4, 0.5) is 17.2 Å². The van der Waals surface area contributed by atoms with Gasteiger partial charge < -0.3 is 5.32 Å². The number of benzene rings is 1. The monoisotopic (exact) mass is 450 g/mol. The molecule has 4 aromatic rings. The second-order valence-corrected chi connectivity index (χ2v) is 7.03. The Kier molecular flexibility index (Phi) is 5.81. The summed E-state index contributed by atoms with van der Waals surface area (Å²) in [6, 6.07) is 14.5. The van der Waals surface area contributed by atoms with Gasteiger partial charge in [-0.1, -0.05) is 34.4 Å². The van der Waals surface area contributed by atoms with Crippen molar-refractivity contribution >= 4 is 40.4 Å². The van der Waals surface area contributed by atoms with E-state index >= 15 is 0 Å². The molecule has 4 rings (SSSR count). The molecule has 0 saturated carbocycles. The van der Waals surface area contributed by atoms with Gasteiger partial charge >= 0.3 is 0 Å². The highest BCUT2D eigenvalue weighted by molar-refractivity contribution is 6.32. The van der Waals surface area contributed by atoms with E-state index in [2.05, 4.69) is 30.4 Å². The second-order valence-electron chi connectivity index (χ2n) is 6.22. The minimum atomic E-state index is -0.644. The lowest BCUT2D eigenvalue weighted by Crippen LogP contribution is -2.22. The highest BCUT2D eigenvalue weighted by atomic mass is 35.5. The third-order valence-electron chi connectivity index (χ3n) is 4.21. The van der Waals surface area contributed by atoms with E-state index in [0.29, 0.717) is 10.8 Å². The summed E-state index contributed by atoms with van der Waals surface area (Å²) in [4.78, 5) is 23.7. The Morgan fingerprint density at radius 3 is 2.58 bits per heavy atom. The number of azide groups is 1. The topological polar surface area (TPSA) is 121 Å². The average molecular weight is 451 g/mol. The Morgan fingerprint density at radius 2 is 1.81 bits per heavy atom. The van der Waals surface area contributed by atoms with E-state index in [1.807, 2.05) is 24.3 Å². The molecule has 0 radical (unpaired) electrons. The van der Waals surface area contributed by atoms with E-state index in [-0.39, 0.29) is 16.5 Å². The first kappa shape index (κ1) is 20.4. The van der Waals surface area contributed by atoms with Crippen molar-refractivity contribution in [2.75, 3.05) is 5.32 Å². The summed E-state index contributed by atoms with van der Waals surface area (Å²) in [5.41, 5.74) is 10.3. The van der Waals surface area contributed by atoms with E-state index in [1.54, 1.807) is 36.7 Å². The quantitative estimate of drug-likeness (QED) is 0.238. The third kappa shape index (κ3) is 4.49. The van der Waals surface area contributed by atoms with Crippen molar-refractivity contribution in [3.8, 4) is 16.9 Å². The number of pyridine rings is 2. The molecular formula is C20H12Cl2N8O. The molecule has 0 spiro atoms. The number of nitrogens with one attached hydrogen (secondary N) is 1. The van der Waals surface area contributed by atoms with Gasteiger partial charge in [0.1, 0.15) is 10.8 Å². The van der Waals surface area contributed by atoms with E-state index in [9.17, 15) is 4.79 Å². The highest BCUT2D eigenvalue weighted by Gasteiger charge is 2.12. The van der Waals surface area contributed by atoms with Crippen molar-refractivity contribution in [2.45, 2.75) is 0 Å². The lowest BCUT2D eigenvalue weighted by molar-refractivity contribution is 0.782. The zero-order valence-electron chi connectivity index (χ0n) is 15.6. The zero-order valence-corrected chi connectivity index (χ0v) is 17.2. The summed E-state index contributed by atoms with van der Waals surface area (Å²) < 4.78 is 1.04. The van der Waals surface area contributed by atoms with Crippen LogP contribution in [0.3, 0.4) is 0 Å². The van der Waals surface area contributed by atoms with Crippen LogP contribution in [-0.2, 0) is 0 Å². The zero-order chi connectivity index (χ0) is 21.8. The second kappa shape index (κ2) is 8.85. The molecule has 0 aliphatic rings. The number of halogens is 2. The van der Waals surface area contributed by atoms with Gasteiger partial charge in [-0.3, -0.25) is 4.79 Å². The molecule has 31 heavy (non-hydrogen) atoms. The third-order valence-corrected chi connectivity index (χ3v) is 4.80. The first-order valence-electron chi connectivity index (χ1n) is 8.83. The van der Waals surface area contributed by atoms with Crippen LogP contribution in [0, 0.1) is 0 Å². The van der Waals surface area contributed by atoms with Gasteiger partial charge in [0.15, 0.2) is 5.82 Å². The number of nitrogens with zero attached hydrogens (tertiary/aromatic N) is 7. The highest BCUT2D eigenvalue weighted by Crippen LogP contribution is 2.25. The standard InChI is InChI=1S/C20H12Cl2N8O/c21-14-2-1-3-15(10-14)27-17-8-12(4-6-24-17)13-5-7-25-18(9-13)30-20(31)19(22)16(11-26-30)28-29-23/h1-11H,(H,24,27). The molecule has 3 aromatic heterocycles. The van der Waals surface area contributed by atoms with Crippen molar-refractivity contribution < 1.29 is 0 Å². The van der Waals surface area contributed by atoms with Crippen LogP contribution in [0.25, 0.3) is 27.4 Å². The van der Waals surface area contributed by atoms with Crippen molar-refractivity contribution in [2.24, 2.45) is 5.11 Å². The maximum atomic E-state index is 12.5. The molecule has 0 aliphatic heterocycles. The van der Waals surface area contributed by atoms with Crippen molar-refractivity contribution in [1.29, 1.82) is 0 Å². The van der Waals surface area contributed by atoms with Gasteiger partial charge in [-0.2, -0.15) is 9.78 Å². The fraction of sp³-hybridized carbons (Fsp3) is 0. The summed E-state index contributed by atoms with van der Waals surface area (Å²) in [5, 5.41) is 10.9. The van der Waals surface area contributed by atoms with Crippen LogP contribution in [-0.4, -0.2) is 19.7 Å². The van der Waals surface area contributed by atoms with Gasteiger partial charge in [0.05, 0.1) is 11.9 Å². The first-order valence-corrected chi connectivity index (χ1v) is 9.59. The number of anilines is 2. The smallest absolute Gasteiger partial charge is 0.292 e. The van der Waals surface area contributed by atoms with Gasteiger partial charge in [0.2, 0.25) is 0 Å². The number of hydrogen-bond donors (Lipinski definition) is 1. The van der Waals surface area contributed by atoms with Crippen molar-refractivity contribution in [3.05, 3.63) is 98.0 Å². The van der Waals surface area contributed by atoms with Crippen molar-refractivity contribution in [1.82, 2.24) is 19.7 Å². The Labute approximate surface area is 185 Å². The van der Waals surface area contributed by atoms with Crippen LogP contribution >= 0.6 is 23.2 Å². The van der Waals surface area contributed by atoms with Gasteiger partial charge in [-0.25, -0.2) is 9.97 Å². The van der Waals surface area contributed by atoms with Gasteiger partial charge in [0.25, 0.3) is 5.56 Å². The fourth-order valence-electron chi connectivity index (χ4n) is 2.81. The molecule has 9 nitrogen and oxygen atoms in total. The Balaban J connectivity index is 1.69. The summed E-state index contributed by atoms with van der Waals surface area (Å²) in [6.07, 6.45) is 4.42. The molecule has 0 unspecified atom stereocenters. The average Bonchev–Trinajstić information content (AvgIpc) is 2.77. The summed E-state index contributed by atoms with van der Waals surface area (Å²) in [7, 11) is 0. The minimum absolute atomic E-state index is 0.0487. The molecule has 0 bridgehead atoms. The van der Waals surface area contributed by atoms with E-state index in [0.717, 1.165) is 21.5 Å². The number of aromatic nitrogens is 4. The molecule has 1 N–H and O–H groups in total. The number of hydrogen-bond acceptors (Lipinski definition) is 6. The summed E-state index contributed by atoms with van der Waals surface area (Å²) in [6.45, 7) is 0. The fourth-order valence-corrected chi connectivity index (χ4v) is 3.17. The number of rotatable bonds is 5. The molecule has 11 heteroatoms. The molecule has 0 atom stereocenters. The molecule has 0 saturated heterocycles. The van der Waals surface area contributed by atoms with Gasteiger partial charge in [-0.15, -0.1) is 0 Å². The SMILES string of the molecule is [N-]=[N+]=Nc1cnn(-c2cc(-c3ccnc(Nc4cccc(Cl)c4)c3)ccn2)c(=O)c1Cl. The predicted molar refractivity (Wildman–Crippen MR) is 119 cm³/mol. The molecule has 3 heterocycles. The Morgan fingerprint density at radius 1 is 1.03 bits per heavy atom. The predicted octanol–water partition coefficient (Wildman–Crippen LogP) is 5.68. The van der Waals surface area contributed by atoms with E-state index < -0.39 is 5.56 Å². The Bertz CT molecular complexity index is 1380. The van der Waals surface area contributed by atoms with Crippen LogP contribution in [0.15, 0.2) is 77.0 Å². The summed E-state index contributed by atoms with van der Waals surface area (Å²) >= 11 is 12.0. The van der Waals surface area contributed by atoms with E-state index in [4.69, 9.17) is 28.7 Å². The van der Waals surface area contributed by atoms with Crippen LogP contribution < -0.4 is 10.9 Å². The van der Waals surface area contributed by atoms with Gasteiger partial charge in [-0.05, 0) is 59.1 Å². The molecule has 152 valence electrons. The molecular weight excluding hydrogens is 439 g/mol. The lowest BCUT2D eigenvalue weighted by Gasteiger charge is -2.10. The van der Waals surface area contributed by atoms with Gasteiger partial charge in [0, 0.05) is 28.0 Å². The largest absolute Gasteiger partial charge is 0.340 e. The van der Waals surface area contributed by atoms with Crippen LogP contribution in [0.5, 0.6) is 0 Å². The van der Waals surface area contributed by atoms with Crippen LogP contribution in [0.1, 0.15) is 0 Å². The minimum Gasteiger partial charge on any atom is -0.340 e. The van der Waals surface area contributed by atoms with Crippen LogP contribution in [0.2, 0.25) is 10.0 Å². The van der Waals surface area contributed by atoms with E-state index in [1.165, 1.54) is 6.20 Å². The maximum Gasteiger partial charge on any atom is 0.292 e. The van der Waals surface area contributed by atoms with Crippen molar-refractivity contribution in [3.63, 3.8) is 0 Å². The maximum absolute atomic E-state index is 12.5. The first-order chi connectivity index (χ1) is 15.0. The summed E-state index contributed by atoms with van der Waals surface area (Å²) in [5.74, 6) is 0.883. The molecule has 0 fully saturated rings. The lowest BCUT2D eigenvalue weighted by atomic mass is 10.1. The Hall–Kier alpha value is -3.91. The molecule has 1 aromatic carbocycles. The molecule has 0 aliphatic carbocycles. The molecule has 0 amide bonds. The normalized spacial score (nSPS) is 10.4.